The molecule has 0 spiro atoms. The van der Waals surface area contributed by atoms with Crippen LogP contribution in [0.3, 0.4) is 0 Å². The normalized spacial score (nSPS) is 12.5. The minimum Gasteiger partial charge on any atom is -0.298 e. The van der Waals surface area contributed by atoms with Crippen LogP contribution in [0.4, 0.5) is 5.13 Å². The second-order valence-electron chi connectivity index (χ2n) is 6.79. The fraction of sp³-hybridized carbons (Fsp3) is 0.333. The predicted molar refractivity (Wildman–Crippen MR) is 107 cm³/mol. The summed E-state index contributed by atoms with van der Waals surface area (Å²) < 4.78 is 1.11. The highest BCUT2D eigenvalue weighted by molar-refractivity contribution is 7.22. The molecule has 0 aliphatic carbocycles. The number of amides is 1. The van der Waals surface area contributed by atoms with E-state index in [1.54, 1.807) is 0 Å². The topological polar surface area (TPSA) is 42.0 Å². The number of hydrogen-bond acceptors (Lipinski definition) is 3. The second kappa shape index (κ2) is 7.36. The van der Waals surface area contributed by atoms with Gasteiger partial charge in [0, 0.05) is 5.56 Å². The number of nitrogens with zero attached hydrogens (tertiary/aromatic N) is 1. The Morgan fingerprint density at radius 2 is 1.76 bits per heavy atom. The molecule has 1 atom stereocenters. The molecule has 3 aromatic rings. The molecule has 0 fully saturated rings. The van der Waals surface area contributed by atoms with Crippen LogP contribution in [-0.2, 0) is 0 Å². The van der Waals surface area contributed by atoms with Crippen molar-refractivity contribution in [1.82, 2.24) is 4.98 Å². The van der Waals surface area contributed by atoms with E-state index < -0.39 is 0 Å². The van der Waals surface area contributed by atoms with Gasteiger partial charge >= 0.3 is 0 Å². The Morgan fingerprint density at radius 1 is 1.08 bits per heavy atom. The van der Waals surface area contributed by atoms with Crippen molar-refractivity contribution in [2.75, 3.05) is 5.32 Å². The van der Waals surface area contributed by atoms with Gasteiger partial charge in [0.25, 0.3) is 5.91 Å². The maximum atomic E-state index is 12.4. The number of carbonyl (C=O) groups excluding carboxylic acids is 1. The largest absolute Gasteiger partial charge is 0.298 e. The molecule has 1 N–H and O–H groups in total. The van der Waals surface area contributed by atoms with Gasteiger partial charge in [0.2, 0.25) is 0 Å². The first-order chi connectivity index (χ1) is 12.0. The molecule has 0 aliphatic rings. The third-order valence-corrected chi connectivity index (χ3v) is 5.59. The number of hydrogen-bond donors (Lipinski definition) is 1. The summed E-state index contributed by atoms with van der Waals surface area (Å²) in [6, 6.07) is 14.1. The molecule has 0 aliphatic heterocycles. The van der Waals surface area contributed by atoms with Gasteiger partial charge in [0.15, 0.2) is 5.13 Å². The summed E-state index contributed by atoms with van der Waals surface area (Å²) in [4.78, 5) is 17.0. The Bertz CT molecular complexity index is 881. The summed E-state index contributed by atoms with van der Waals surface area (Å²) in [5.41, 5.74) is 4.14. The zero-order valence-corrected chi connectivity index (χ0v) is 16.0. The average Bonchev–Trinajstić information content (AvgIpc) is 3.02. The van der Waals surface area contributed by atoms with Crippen LogP contribution in [0, 0.1) is 0 Å². The number of rotatable bonds is 5. The van der Waals surface area contributed by atoms with Crippen molar-refractivity contribution in [2.45, 2.75) is 46.0 Å². The molecule has 130 valence electrons. The first-order valence-electron chi connectivity index (χ1n) is 8.79. The summed E-state index contributed by atoms with van der Waals surface area (Å²) in [5.74, 6) is 0.876. The highest BCUT2D eigenvalue weighted by atomic mass is 32.1. The standard InChI is InChI=1S/C21H24N2OS/c1-5-14(4)17-10-11-18-19(12-17)25-21(22-18)23-20(24)16-8-6-15(7-9-16)13(2)3/h6-14H,5H2,1-4H3,(H,22,23,24). The Hall–Kier alpha value is -2.20. The molecule has 3 rings (SSSR count). The van der Waals surface area contributed by atoms with E-state index in [4.69, 9.17) is 0 Å². The molecular weight excluding hydrogens is 328 g/mol. The van der Waals surface area contributed by atoms with Crippen molar-refractivity contribution in [2.24, 2.45) is 0 Å². The van der Waals surface area contributed by atoms with E-state index in [1.165, 1.54) is 22.5 Å². The highest BCUT2D eigenvalue weighted by Crippen LogP contribution is 2.30. The van der Waals surface area contributed by atoms with Crippen LogP contribution >= 0.6 is 11.3 Å². The van der Waals surface area contributed by atoms with Crippen LogP contribution in [0.1, 0.15) is 67.4 Å². The molecule has 1 heterocycles. The molecule has 0 bridgehead atoms. The van der Waals surface area contributed by atoms with Crippen LogP contribution in [0.2, 0.25) is 0 Å². The Balaban J connectivity index is 1.78. The van der Waals surface area contributed by atoms with Crippen LogP contribution < -0.4 is 5.32 Å². The first-order valence-corrected chi connectivity index (χ1v) is 9.61. The third-order valence-electron chi connectivity index (χ3n) is 4.65. The lowest BCUT2D eigenvalue weighted by Crippen LogP contribution is -2.11. The van der Waals surface area contributed by atoms with E-state index in [2.05, 4.69) is 50.1 Å². The van der Waals surface area contributed by atoms with Crippen molar-refractivity contribution < 1.29 is 4.79 Å². The van der Waals surface area contributed by atoms with E-state index in [0.717, 1.165) is 16.6 Å². The summed E-state index contributed by atoms with van der Waals surface area (Å²) in [6.07, 6.45) is 1.11. The average molecular weight is 353 g/mol. The van der Waals surface area contributed by atoms with Crippen molar-refractivity contribution in [3.05, 3.63) is 59.2 Å². The van der Waals surface area contributed by atoms with E-state index in [0.29, 0.717) is 22.5 Å². The summed E-state index contributed by atoms with van der Waals surface area (Å²) in [6.45, 7) is 8.71. The predicted octanol–water partition coefficient (Wildman–Crippen LogP) is 6.19. The molecule has 0 saturated carbocycles. The van der Waals surface area contributed by atoms with Gasteiger partial charge in [-0.15, -0.1) is 0 Å². The molecule has 0 saturated heterocycles. The molecule has 1 aromatic heterocycles. The fourth-order valence-corrected chi connectivity index (χ4v) is 3.63. The van der Waals surface area contributed by atoms with Crippen molar-refractivity contribution in [3.63, 3.8) is 0 Å². The highest BCUT2D eigenvalue weighted by Gasteiger charge is 2.12. The minimum absolute atomic E-state index is 0.114. The van der Waals surface area contributed by atoms with Crippen LogP contribution in [0.25, 0.3) is 10.2 Å². The van der Waals surface area contributed by atoms with Gasteiger partial charge in [-0.25, -0.2) is 4.98 Å². The summed E-state index contributed by atoms with van der Waals surface area (Å²) in [7, 11) is 0. The van der Waals surface area contributed by atoms with Gasteiger partial charge in [-0.1, -0.05) is 57.2 Å². The number of aromatic nitrogens is 1. The van der Waals surface area contributed by atoms with Gasteiger partial charge in [-0.05, 0) is 53.6 Å². The minimum atomic E-state index is -0.114. The maximum Gasteiger partial charge on any atom is 0.257 e. The molecule has 3 nitrogen and oxygen atoms in total. The number of carbonyl (C=O) groups is 1. The summed E-state index contributed by atoms with van der Waals surface area (Å²) in [5, 5.41) is 3.57. The number of anilines is 1. The summed E-state index contributed by atoms with van der Waals surface area (Å²) >= 11 is 1.53. The lowest BCUT2D eigenvalue weighted by atomic mass is 9.99. The SMILES string of the molecule is CCC(C)c1ccc2nc(NC(=O)c3ccc(C(C)C)cc3)sc2c1. The number of benzene rings is 2. The molecule has 1 unspecified atom stereocenters. The van der Waals surface area contributed by atoms with Crippen molar-refractivity contribution in [3.8, 4) is 0 Å². The zero-order valence-electron chi connectivity index (χ0n) is 15.2. The Labute approximate surface area is 153 Å². The van der Waals surface area contributed by atoms with E-state index in [-0.39, 0.29) is 5.91 Å². The number of thiazole rings is 1. The van der Waals surface area contributed by atoms with Gasteiger partial charge in [-0.3, -0.25) is 10.1 Å². The monoisotopic (exact) mass is 352 g/mol. The molecule has 2 aromatic carbocycles. The van der Waals surface area contributed by atoms with Crippen molar-refractivity contribution in [1.29, 1.82) is 0 Å². The van der Waals surface area contributed by atoms with Gasteiger partial charge < -0.3 is 0 Å². The fourth-order valence-electron chi connectivity index (χ4n) is 2.73. The zero-order chi connectivity index (χ0) is 18.0. The Morgan fingerprint density at radius 3 is 2.40 bits per heavy atom. The molecule has 4 heteroatoms. The number of nitrogens with one attached hydrogen (secondary N) is 1. The maximum absolute atomic E-state index is 12.4. The molecule has 1 amide bonds. The van der Waals surface area contributed by atoms with Gasteiger partial charge in [-0.2, -0.15) is 0 Å². The van der Waals surface area contributed by atoms with Gasteiger partial charge in [0.05, 0.1) is 10.2 Å². The quantitative estimate of drug-likeness (QED) is 0.595. The van der Waals surface area contributed by atoms with Gasteiger partial charge in [0.1, 0.15) is 0 Å². The van der Waals surface area contributed by atoms with E-state index in [1.807, 2.05) is 30.3 Å². The number of fused-ring (bicyclic) bond motifs is 1. The lowest BCUT2D eigenvalue weighted by Gasteiger charge is -2.07. The van der Waals surface area contributed by atoms with Crippen LogP contribution in [-0.4, -0.2) is 10.9 Å². The molecular formula is C21H24N2OS. The van der Waals surface area contributed by atoms with Crippen molar-refractivity contribution >= 4 is 32.6 Å². The van der Waals surface area contributed by atoms with E-state index >= 15 is 0 Å². The smallest absolute Gasteiger partial charge is 0.257 e. The van der Waals surface area contributed by atoms with Crippen LogP contribution in [0.15, 0.2) is 42.5 Å². The third kappa shape index (κ3) is 3.90. The molecule has 0 radical (unpaired) electrons. The molecule has 25 heavy (non-hydrogen) atoms. The second-order valence-corrected chi connectivity index (χ2v) is 7.82. The Kier molecular flexibility index (Phi) is 5.19. The first kappa shape index (κ1) is 17.6. The lowest BCUT2D eigenvalue weighted by molar-refractivity contribution is 0.102. The van der Waals surface area contributed by atoms with Crippen LogP contribution in [0.5, 0.6) is 0 Å². The van der Waals surface area contributed by atoms with E-state index in [9.17, 15) is 4.79 Å².